The van der Waals surface area contributed by atoms with Crippen LogP contribution in [0.25, 0.3) is 22.2 Å². The molecule has 1 heterocycles. The summed E-state index contributed by atoms with van der Waals surface area (Å²) in [5.74, 6) is 1.51. The van der Waals surface area contributed by atoms with Gasteiger partial charge in [0.25, 0.3) is 5.91 Å². The summed E-state index contributed by atoms with van der Waals surface area (Å²) in [5.41, 5.74) is 7.71. The lowest BCUT2D eigenvalue weighted by molar-refractivity contribution is 0.0956. The van der Waals surface area contributed by atoms with Gasteiger partial charge in [0.1, 0.15) is 0 Å². The summed E-state index contributed by atoms with van der Waals surface area (Å²) in [6, 6.07) is 23.4. The lowest BCUT2D eigenvalue weighted by Gasteiger charge is -2.12. The molecule has 4 aromatic rings. The quantitative estimate of drug-likeness (QED) is 0.130. The molecule has 0 aliphatic heterocycles. The first-order valence-electron chi connectivity index (χ1n) is 13.2. The van der Waals surface area contributed by atoms with Crippen LogP contribution >= 0.6 is 0 Å². The van der Waals surface area contributed by atoms with Crippen LogP contribution in [0.5, 0.6) is 11.5 Å². The number of hydrogen-bond acceptors (Lipinski definition) is 5. The Kier molecular flexibility index (Phi) is 9.09. The number of hydrogen-bond donors (Lipinski definition) is 1. The molecule has 196 valence electrons. The molecule has 0 saturated heterocycles. The van der Waals surface area contributed by atoms with Crippen molar-refractivity contribution in [2.75, 3.05) is 13.2 Å². The Morgan fingerprint density at radius 3 is 2.50 bits per heavy atom. The first kappa shape index (κ1) is 26.9. The summed E-state index contributed by atoms with van der Waals surface area (Å²) in [6.45, 7) is 9.56. The van der Waals surface area contributed by atoms with Gasteiger partial charge in [0.15, 0.2) is 11.5 Å². The summed E-state index contributed by atoms with van der Waals surface area (Å²) >= 11 is 0. The molecule has 0 spiro atoms. The molecule has 0 atom stereocenters. The zero-order valence-electron chi connectivity index (χ0n) is 22.5. The molecule has 0 unspecified atom stereocenters. The highest BCUT2D eigenvalue weighted by molar-refractivity contribution is 6.07. The Balaban J connectivity index is 1.56. The lowest BCUT2D eigenvalue weighted by atomic mass is 9.99. The molecule has 6 heteroatoms. The van der Waals surface area contributed by atoms with Gasteiger partial charge in [-0.1, -0.05) is 69.7 Å². The number of carbonyl (C=O) groups is 1. The summed E-state index contributed by atoms with van der Waals surface area (Å²) in [4.78, 5) is 18.1. The minimum absolute atomic E-state index is 0.301. The van der Waals surface area contributed by atoms with E-state index >= 15 is 0 Å². The fourth-order valence-corrected chi connectivity index (χ4v) is 4.09. The highest BCUT2D eigenvalue weighted by atomic mass is 16.5. The molecule has 1 N–H and O–H groups in total. The van der Waals surface area contributed by atoms with Crippen LogP contribution in [0.3, 0.4) is 0 Å². The Hall–Kier alpha value is -4.19. The zero-order chi connectivity index (χ0) is 26.9. The van der Waals surface area contributed by atoms with Crippen molar-refractivity contribution in [2.24, 2.45) is 5.10 Å². The van der Waals surface area contributed by atoms with E-state index in [1.54, 1.807) is 6.21 Å². The minimum Gasteiger partial charge on any atom is -0.490 e. The third-order valence-electron chi connectivity index (χ3n) is 6.24. The normalized spacial score (nSPS) is 11.3. The van der Waals surface area contributed by atoms with Crippen molar-refractivity contribution in [1.82, 2.24) is 10.4 Å². The molecular weight excluding hydrogens is 474 g/mol. The number of benzene rings is 3. The van der Waals surface area contributed by atoms with E-state index in [1.165, 1.54) is 5.56 Å². The van der Waals surface area contributed by atoms with Gasteiger partial charge < -0.3 is 9.47 Å². The molecule has 38 heavy (non-hydrogen) atoms. The highest BCUT2D eigenvalue weighted by Gasteiger charge is 2.14. The van der Waals surface area contributed by atoms with Gasteiger partial charge in [0.05, 0.1) is 36.2 Å². The van der Waals surface area contributed by atoms with Gasteiger partial charge in [-0.25, -0.2) is 10.4 Å². The number of pyridine rings is 1. The number of fused-ring (bicyclic) bond motifs is 1. The molecule has 4 rings (SSSR count). The number of nitrogens with one attached hydrogen (secondary N) is 1. The Morgan fingerprint density at radius 2 is 1.76 bits per heavy atom. The van der Waals surface area contributed by atoms with E-state index in [0.717, 1.165) is 40.6 Å². The SMILES string of the molecule is CCCCOc1ccc(/C=N\NC(=O)c2cc(-c3ccc(C(C)C)cc3)nc3ccccc23)cc1OCC. The third kappa shape index (κ3) is 6.57. The number of ether oxygens (including phenoxy) is 2. The van der Waals surface area contributed by atoms with Crippen LogP contribution in [0, 0.1) is 0 Å². The summed E-state index contributed by atoms with van der Waals surface area (Å²) in [6.07, 6.45) is 3.65. The molecule has 0 radical (unpaired) electrons. The van der Waals surface area contributed by atoms with E-state index in [4.69, 9.17) is 14.5 Å². The van der Waals surface area contributed by atoms with Crippen LogP contribution in [-0.2, 0) is 0 Å². The van der Waals surface area contributed by atoms with Crippen LogP contribution in [0.4, 0.5) is 0 Å². The molecule has 0 aliphatic rings. The van der Waals surface area contributed by atoms with Gasteiger partial charge >= 0.3 is 0 Å². The summed E-state index contributed by atoms with van der Waals surface area (Å²) in [7, 11) is 0. The second-order valence-corrected chi connectivity index (χ2v) is 9.39. The van der Waals surface area contributed by atoms with Gasteiger partial charge in [-0.3, -0.25) is 4.79 Å². The maximum absolute atomic E-state index is 13.2. The number of carbonyl (C=O) groups excluding carboxylic acids is 1. The number of hydrazone groups is 1. The van der Waals surface area contributed by atoms with Gasteiger partial charge in [0.2, 0.25) is 0 Å². The van der Waals surface area contributed by atoms with Crippen LogP contribution in [0.2, 0.25) is 0 Å². The van der Waals surface area contributed by atoms with Gasteiger partial charge in [0, 0.05) is 10.9 Å². The Bertz CT molecular complexity index is 1410. The lowest BCUT2D eigenvalue weighted by Crippen LogP contribution is -2.18. The van der Waals surface area contributed by atoms with Crippen molar-refractivity contribution in [3.05, 3.63) is 89.5 Å². The molecule has 1 amide bonds. The molecule has 0 aliphatic carbocycles. The average molecular weight is 510 g/mol. The van der Waals surface area contributed by atoms with Crippen LogP contribution < -0.4 is 14.9 Å². The number of aromatic nitrogens is 1. The minimum atomic E-state index is -0.301. The topological polar surface area (TPSA) is 72.8 Å². The second kappa shape index (κ2) is 12.9. The number of amides is 1. The van der Waals surface area contributed by atoms with E-state index in [1.807, 2.05) is 55.5 Å². The largest absolute Gasteiger partial charge is 0.490 e. The monoisotopic (exact) mass is 509 g/mol. The fourth-order valence-electron chi connectivity index (χ4n) is 4.09. The van der Waals surface area contributed by atoms with Crippen LogP contribution in [-0.4, -0.2) is 30.3 Å². The van der Waals surface area contributed by atoms with Crippen molar-refractivity contribution >= 4 is 23.0 Å². The van der Waals surface area contributed by atoms with Crippen molar-refractivity contribution < 1.29 is 14.3 Å². The number of para-hydroxylation sites is 1. The molecule has 3 aromatic carbocycles. The summed E-state index contributed by atoms with van der Waals surface area (Å²) < 4.78 is 11.6. The number of unbranched alkanes of at least 4 members (excludes halogenated alkanes) is 1. The maximum atomic E-state index is 13.2. The van der Waals surface area contributed by atoms with E-state index in [-0.39, 0.29) is 5.91 Å². The molecule has 0 bridgehead atoms. The first-order valence-corrected chi connectivity index (χ1v) is 13.2. The van der Waals surface area contributed by atoms with E-state index in [0.29, 0.717) is 36.2 Å². The Morgan fingerprint density at radius 1 is 0.974 bits per heavy atom. The fraction of sp³-hybridized carbons (Fsp3) is 0.281. The smallest absolute Gasteiger partial charge is 0.272 e. The molecule has 1 aromatic heterocycles. The number of nitrogens with zero attached hydrogens (tertiary/aromatic N) is 2. The van der Waals surface area contributed by atoms with E-state index < -0.39 is 0 Å². The molecular formula is C32H35N3O3. The van der Waals surface area contributed by atoms with Crippen molar-refractivity contribution in [3.8, 4) is 22.8 Å². The second-order valence-electron chi connectivity index (χ2n) is 9.39. The van der Waals surface area contributed by atoms with E-state index in [9.17, 15) is 4.79 Å². The molecule has 6 nitrogen and oxygen atoms in total. The molecule has 0 fully saturated rings. The third-order valence-corrected chi connectivity index (χ3v) is 6.24. The van der Waals surface area contributed by atoms with Crippen LogP contribution in [0.15, 0.2) is 77.9 Å². The van der Waals surface area contributed by atoms with Gasteiger partial charge in [-0.05, 0) is 60.7 Å². The van der Waals surface area contributed by atoms with Crippen LogP contribution in [0.1, 0.15) is 67.9 Å². The summed E-state index contributed by atoms with van der Waals surface area (Å²) in [5, 5.41) is 5.00. The van der Waals surface area contributed by atoms with Gasteiger partial charge in [-0.2, -0.15) is 5.10 Å². The predicted octanol–water partition coefficient (Wildman–Crippen LogP) is 7.37. The zero-order valence-corrected chi connectivity index (χ0v) is 22.5. The van der Waals surface area contributed by atoms with Crippen molar-refractivity contribution in [1.29, 1.82) is 0 Å². The standard InChI is InChI=1S/C32H35N3O3/c1-5-7-18-38-30-17-12-23(19-31(30)37-6-2)21-33-35-32(36)27-20-29(34-28-11-9-8-10-26(27)28)25-15-13-24(14-16-25)22(3)4/h8-17,19-22H,5-7,18H2,1-4H3,(H,35,36)/b33-21-. The predicted molar refractivity (Wildman–Crippen MR) is 154 cm³/mol. The number of rotatable bonds is 11. The Labute approximate surface area is 224 Å². The van der Waals surface area contributed by atoms with E-state index in [2.05, 4.69) is 55.6 Å². The molecule has 0 saturated carbocycles. The van der Waals surface area contributed by atoms with Gasteiger partial charge in [-0.15, -0.1) is 0 Å². The maximum Gasteiger partial charge on any atom is 0.272 e. The van der Waals surface area contributed by atoms with Crippen molar-refractivity contribution in [2.45, 2.75) is 46.5 Å². The first-order chi connectivity index (χ1) is 18.5. The highest BCUT2D eigenvalue weighted by Crippen LogP contribution is 2.29. The van der Waals surface area contributed by atoms with Crippen molar-refractivity contribution in [3.63, 3.8) is 0 Å². The average Bonchev–Trinajstić information content (AvgIpc) is 2.93.